The molecular weight excluding hydrogens is 516 g/mol. The van der Waals surface area contributed by atoms with Crippen molar-refractivity contribution in [2.24, 2.45) is 0 Å². The van der Waals surface area contributed by atoms with Gasteiger partial charge in [-0.1, -0.05) is 108 Å². The van der Waals surface area contributed by atoms with Gasteiger partial charge < -0.3 is 4.90 Å². The Bertz CT molecular complexity index is 1550. The van der Waals surface area contributed by atoms with Gasteiger partial charge in [0.05, 0.1) is 22.4 Å². The fourth-order valence-electron chi connectivity index (χ4n) is 5.45. The van der Waals surface area contributed by atoms with Gasteiger partial charge in [0.2, 0.25) is 0 Å². The average molecular weight is 547 g/mol. The van der Waals surface area contributed by atoms with E-state index in [1.54, 1.807) is 4.68 Å². The summed E-state index contributed by atoms with van der Waals surface area (Å²) in [6.45, 7) is 4.86. The number of piperazine rings is 1. The van der Waals surface area contributed by atoms with Crippen LogP contribution in [0.2, 0.25) is 5.02 Å². The molecule has 1 saturated heterocycles. The van der Waals surface area contributed by atoms with E-state index in [9.17, 15) is 4.79 Å². The summed E-state index contributed by atoms with van der Waals surface area (Å²) in [5, 5.41) is 5.46. The van der Waals surface area contributed by atoms with Gasteiger partial charge in [-0.05, 0) is 42.3 Å². The molecule has 0 atom stereocenters. The fraction of sp³-hybridized carbons (Fsp3) is 0.176. The number of hydrogen-bond acceptors (Lipinski definition) is 3. The number of carbonyl (C=O) groups is 1. The van der Waals surface area contributed by atoms with Gasteiger partial charge in [-0.3, -0.25) is 9.69 Å². The molecule has 1 fully saturated rings. The molecule has 0 saturated carbocycles. The van der Waals surface area contributed by atoms with Gasteiger partial charge in [0.15, 0.2) is 0 Å². The Morgan fingerprint density at radius 2 is 1.32 bits per heavy atom. The van der Waals surface area contributed by atoms with Gasteiger partial charge in [-0.2, -0.15) is 5.10 Å². The van der Waals surface area contributed by atoms with Gasteiger partial charge in [0, 0.05) is 31.7 Å². The Morgan fingerprint density at radius 3 is 1.93 bits per heavy atom. The second-order valence-electron chi connectivity index (χ2n) is 10.2. The lowest BCUT2D eigenvalue weighted by atomic mass is 9.96. The highest BCUT2D eigenvalue weighted by molar-refractivity contribution is 6.33. The first-order valence-electron chi connectivity index (χ1n) is 13.6. The summed E-state index contributed by atoms with van der Waals surface area (Å²) in [6.07, 6.45) is 0. The molecule has 1 aromatic heterocycles. The van der Waals surface area contributed by atoms with Crippen LogP contribution in [0.5, 0.6) is 0 Å². The van der Waals surface area contributed by atoms with E-state index in [0.717, 1.165) is 29.9 Å². The van der Waals surface area contributed by atoms with Crippen LogP contribution in [0.1, 0.15) is 33.2 Å². The first-order chi connectivity index (χ1) is 19.6. The Morgan fingerprint density at radius 1 is 0.750 bits per heavy atom. The molecule has 5 aromatic rings. The van der Waals surface area contributed by atoms with Crippen LogP contribution in [0.3, 0.4) is 0 Å². The van der Waals surface area contributed by atoms with Crippen LogP contribution in [0, 0.1) is 6.92 Å². The van der Waals surface area contributed by atoms with Crippen LogP contribution in [0.25, 0.3) is 16.9 Å². The van der Waals surface area contributed by atoms with Crippen molar-refractivity contribution in [2.45, 2.75) is 13.0 Å². The molecule has 1 aliphatic heterocycles. The standard InChI is InChI=1S/C34H31ClN4O/c1-25-16-18-28(19-17-25)39-32(24-31(36-39)29-14-8-9-15-30(29)35)34(40)38-22-20-37(21-23-38)33(26-10-4-2-5-11-26)27-12-6-3-7-13-27/h2-19,24,33H,20-23H2,1H3. The van der Waals surface area contributed by atoms with E-state index < -0.39 is 0 Å². The Kier molecular flexibility index (Phi) is 7.49. The third kappa shape index (κ3) is 5.31. The van der Waals surface area contributed by atoms with E-state index in [4.69, 9.17) is 16.7 Å². The van der Waals surface area contributed by atoms with Crippen LogP contribution in [-0.2, 0) is 0 Å². The second-order valence-corrected chi connectivity index (χ2v) is 10.6. The Labute approximate surface area is 240 Å². The number of aryl methyl sites for hydroxylation is 1. The monoisotopic (exact) mass is 546 g/mol. The maximum atomic E-state index is 14.0. The van der Waals surface area contributed by atoms with Gasteiger partial charge >= 0.3 is 0 Å². The lowest BCUT2D eigenvalue weighted by molar-refractivity contribution is 0.0589. The van der Waals surface area contributed by atoms with E-state index in [0.29, 0.717) is 29.5 Å². The van der Waals surface area contributed by atoms with Crippen molar-refractivity contribution in [1.29, 1.82) is 0 Å². The molecule has 40 heavy (non-hydrogen) atoms. The van der Waals surface area contributed by atoms with Crippen LogP contribution < -0.4 is 0 Å². The van der Waals surface area contributed by atoms with Gasteiger partial charge in [0.1, 0.15) is 5.69 Å². The zero-order valence-electron chi connectivity index (χ0n) is 22.5. The molecule has 6 heteroatoms. The van der Waals surface area contributed by atoms with E-state index >= 15 is 0 Å². The van der Waals surface area contributed by atoms with Gasteiger partial charge in [-0.25, -0.2) is 4.68 Å². The summed E-state index contributed by atoms with van der Waals surface area (Å²) in [6, 6.07) is 38.9. The predicted octanol–water partition coefficient (Wildman–Crippen LogP) is 7.05. The number of benzene rings is 4. The van der Waals surface area contributed by atoms with Crippen LogP contribution >= 0.6 is 11.6 Å². The zero-order valence-corrected chi connectivity index (χ0v) is 23.2. The third-order valence-corrected chi connectivity index (χ3v) is 7.88. The molecule has 0 bridgehead atoms. The normalized spacial score (nSPS) is 14.0. The molecule has 0 spiro atoms. The molecule has 0 N–H and O–H groups in total. The first kappa shape index (κ1) is 26.1. The second kappa shape index (κ2) is 11.5. The number of aromatic nitrogens is 2. The number of halogens is 1. The summed E-state index contributed by atoms with van der Waals surface area (Å²) < 4.78 is 1.75. The molecule has 2 heterocycles. The van der Waals surface area contributed by atoms with Crippen LogP contribution in [0.15, 0.2) is 115 Å². The largest absolute Gasteiger partial charge is 0.335 e. The molecular formula is C34H31ClN4O. The van der Waals surface area contributed by atoms with Crippen molar-refractivity contribution < 1.29 is 4.79 Å². The number of amides is 1. The average Bonchev–Trinajstić information content (AvgIpc) is 3.44. The highest BCUT2D eigenvalue weighted by Gasteiger charge is 2.30. The van der Waals surface area contributed by atoms with Crippen molar-refractivity contribution in [2.75, 3.05) is 26.2 Å². The maximum Gasteiger partial charge on any atom is 0.272 e. The molecule has 6 rings (SSSR count). The topological polar surface area (TPSA) is 41.4 Å². The van der Waals surface area contributed by atoms with Crippen molar-refractivity contribution in [1.82, 2.24) is 19.6 Å². The van der Waals surface area contributed by atoms with Gasteiger partial charge in [-0.15, -0.1) is 0 Å². The van der Waals surface area contributed by atoms with E-state index in [2.05, 4.69) is 65.6 Å². The van der Waals surface area contributed by atoms with E-state index in [-0.39, 0.29) is 11.9 Å². The van der Waals surface area contributed by atoms with Crippen LogP contribution in [0.4, 0.5) is 0 Å². The highest BCUT2D eigenvalue weighted by atomic mass is 35.5. The molecule has 0 radical (unpaired) electrons. The molecule has 5 nitrogen and oxygen atoms in total. The zero-order chi connectivity index (χ0) is 27.5. The lowest BCUT2D eigenvalue weighted by Gasteiger charge is -2.39. The number of hydrogen-bond donors (Lipinski definition) is 0. The maximum absolute atomic E-state index is 14.0. The minimum absolute atomic E-state index is 0.0259. The highest BCUT2D eigenvalue weighted by Crippen LogP contribution is 2.31. The third-order valence-electron chi connectivity index (χ3n) is 7.55. The molecule has 1 aliphatic rings. The van der Waals surface area contributed by atoms with Crippen molar-refractivity contribution in [3.05, 3.63) is 143 Å². The SMILES string of the molecule is Cc1ccc(-n2nc(-c3ccccc3Cl)cc2C(=O)N2CCN(C(c3ccccc3)c3ccccc3)CC2)cc1. The molecule has 0 unspecified atom stereocenters. The van der Waals surface area contributed by atoms with E-state index in [1.807, 2.05) is 66.4 Å². The van der Waals surface area contributed by atoms with Gasteiger partial charge in [0.25, 0.3) is 5.91 Å². The lowest BCUT2D eigenvalue weighted by Crippen LogP contribution is -2.50. The van der Waals surface area contributed by atoms with E-state index in [1.165, 1.54) is 11.1 Å². The summed E-state index contributed by atoms with van der Waals surface area (Å²) in [4.78, 5) is 18.4. The van der Waals surface area contributed by atoms with Crippen molar-refractivity contribution in [3.8, 4) is 16.9 Å². The number of rotatable bonds is 6. The molecule has 0 aliphatic carbocycles. The minimum atomic E-state index is -0.0259. The number of nitrogens with zero attached hydrogens (tertiary/aromatic N) is 4. The minimum Gasteiger partial charge on any atom is -0.335 e. The van der Waals surface area contributed by atoms with Crippen molar-refractivity contribution >= 4 is 17.5 Å². The summed E-state index contributed by atoms with van der Waals surface area (Å²) >= 11 is 6.51. The predicted molar refractivity (Wildman–Crippen MR) is 161 cm³/mol. The van der Waals surface area contributed by atoms with Crippen molar-refractivity contribution in [3.63, 3.8) is 0 Å². The quantitative estimate of drug-likeness (QED) is 0.229. The molecule has 4 aromatic carbocycles. The summed E-state index contributed by atoms with van der Waals surface area (Å²) in [7, 11) is 0. The summed E-state index contributed by atoms with van der Waals surface area (Å²) in [5.41, 5.74) is 6.54. The smallest absolute Gasteiger partial charge is 0.272 e. The summed E-state index contributed by atoms with van der Waals surface area (Å²) in [5.74, 6) is -0.0259. The fourth-order valence-corrected chi connectivity index (χ4v) is 5.68. The molecule has 1 amide bonds. The molecule has 200 valence electrons. The Hall–Kier alpha value is -4.19. The first-order valence-corrected chi connectivity index (χ1v) is 14.0. The Balaban J connectivity index is 1.28. The number of carbonyl (C=O) groups excluding carboxylic acids is 1. The van der Waals surface area contributed by atoms with Crippen LogP contribution in [-0.4, -0.2) is 51.7 Å².